The highest BCUT2D eigenvalue weighted by atomic mass is 19.4. The van der Waals surface area contributed by atoms with E-state index in [0.29, 0.717) is 32.7 Å². The number of piperazine rings is 1. The third-order valence-corrected chi connectivity index (χ3v) is 6.51. The summed E-state index contributed by atoms with van der Waals surface area (Å²) in [4.78, 5) is 25.3. The van der Waals surface area contributed by atoms with Gasteiger partial charge in [-0.25, -0.2) is 9.98 Å². The van der Waals surface area contributed by atoms with Crippen molar-refractivity contribution in [2.45, 2.75) is 38.3 Å². The number of rotatable bonds is 7. The van der Waals surface area contributed by atoms with E-state index in [9.17, 15) is 23.3 Å². The van der Waals surface area contributed by atoms with E-state index in [0.717, 1.165) is 17.1 Å². The Hall–Kier alpha value is -4.07. The molecule has 0 aliphatic carbocycles. The largest absolute Gasteiger partial charge is 0.573 e. The summed E-state index contributed by atoms with van der Waals surface area (Å²) in [5.41, 5.74) is 1.81. The molecule has 0 bridgehead atoms. The molecule has 1 saturated heterocycles. The van der Waals surface area contributed by atoms with Crippen LogP contribution >= 0.6 is 0 Å². The Morgan fingerprint density at radius 1 is 1.21 bits per heavy atom. The Morgan fingerprint density at radius 2 is 2.00 bits per heavy atom. The number of nitrogens with one attached hydrogen (secondary N) is 1. The summed E-state index contributed by atoms with van der Waals surface area (Å²) in [6.45, 7) is 5.12. The van der Waals surface area contributed by atoms with Crippen LogP contribution in [0.3, 0.4) is 0 Å². The van der Waals surface area contributed by atoms with Gasteiger partial charge in [0.05, 0.1) is 11.5 Å². The third-order valence-electron chi connectivity index (χ3n) is 6.51. The number of aromatic nitrogens is 1. The van der Waals surface area contributed by atoms with Gasteiger partial charge in [0, 0.05) is 56.4 Å². The first-order chi connectivity index (χ1) is 18.2. The highest BCUT2D eigenvalue weighted by Crippen LogP contribution is 2.27. The number of fused-ring (bicyclic) bond motifs is 1. The number of pyridine rings is 1. The second-order valence-electron chi connectivity index (χ2n) is 9.12. The number of anilines is 2. The molecule has 2 aromatic rings. The number of nitro groups is 1. The average Bonchev–Trinajstić information content (AvgIpc) is 3.29. The molecule has 0 saturated carbocycles. The predicted molar refractivity (Wildman–Crippen MR) is 132 cm³/mol. The summed E-state index contributed by atoms with van der Waals surface area (Å²) in [5.74, 6) is 0.608. The molecule has 1 fully saturated rings. The molecule has 3 aliphatic rings. The fourth-order valence-corrected chi connectivity index (χ4v) is 4.64. The molecule has 38 heavy (non-hydrogen) atoms. The Bertz CT molecular complexity index is 1210. The maximum absolute atomic E-state index is 12.4. The first-order valence-corrected chi connectivity index (χ1v) is 12.0. The molecular weight excluding hydrogens is 507 g/mol. The first-order valence-electron chi connectivity index (χ1n) is 12.0. The molecular formula is C24H26F3N7O4. The van der Waals surface area contributed by atoms with Gasteiger partial charge in [-0.2, -0.15) is 0 Å². The minimum atomic E-state index is -4.71. The second-order valence-corrected chi connectivity index (χ2v) is 9.12. The lowest BCUT2D eigenvalue weighted by Gasteiger charge is -2.41. The fourth-order valence-electron chi connectivity index (χ4n) is 4.64. The number of amidine groups is 1. The van der Waals surface area contributed by atoms with E-state index >= 15 is 0 Å². The lowest BCUT2D eigenvalue weighted by Crippen LogP contribution is -2.52. The molecule has 0 spiro atoms. The number of alkyl halides is 3. The minimum Gasteiger partial charge on any atom is -0.406 e. The molecule has 4 heterocycles. The second kappa shape index (κ2) is 10.4. The van der Waals surface area contributed by atoms with Crippen molar-refractivity contribution in [2.24, 2.45) is 4.99 Å². The van der Waals surface area contributed by atoms with Crippen LogP contribution < -0.4 is 19.9 Å². The molecule has 11 nitrogen and oxygen atoms in total. The highest BCUT2D eigenvalue weighted by molar-refractivity contribution is 5.78. The topological polar surface area (TPSA) is 109 Å². The van der Waals surface area contributed by atoms with E-state index in [2.05, 4.69) is 36.8 Å². The maximum atomic E-state index is 12.4. The Balaban J connectivity index is 1.13. The normalized spacial score (nSPS) is 23.1. The van der Waals surface area contributed by atoms with Crippen LogP contribution in [0.15, 0.2) is 59.9 Å². The summed E-state index contributed by atoms with van der Waals surface area (Å²) >= 11 is 0. The van der Waals surface area contributed by atoms with Crippen LogP contribution in [0.25, 0.3) is 0 Å². The van der Waals surface area contributed by atoms with Gasteiger partial charge >= 0.3 is 12.6 Å². The number of aliphatic imine (C=N–C) groups is 1. The highest BCUT2D eigenvalue weighted by Gasteiger charge is 2.35. The van der Waals surface area contributed by atoms with Crippen molar-refractivity contribution in [3.8, 4) is 5.75 Å². The molecule has 1 aromatic carbocycles. The fraction of sp³-hybridized carbons (Fsp3) is 0.417. The molecule has 3 aliphatic heterocycles. The smallest absolute Gasteiger partial charge is 0.406 e. The van der Waals surface area contributed by atoms with Gasteiger partial charge in [-0.05, 0) is 42.8 Å². The molecule has 5 rings (SSSR count). The molecule has 0 radical (unpaired) electrons. The Morgan fingerprint density at radius 3 is 2.66 bits per heavy atom. The SMILES string of the molecule is CC1CN(c2ccc(OC(F)(F)F)cc2)CCN1c1ccc(CN[C@@H]2CN=C3OC([N+](=O)[O-])C=CN32)cn1. The standard InChI is InChI=1S/C24H26F3N7O4/c1-16-15-31(18-3-5-19(6-4-18)38-24(25,26)27)10-11-32(16)20-7-2-17(12-28-20)13-29-21-14-30-23-33(21)9-8-22(37-23)34(35)36/h2-9,12,16,21-22,29H,10-11,13-15H2,1H3/t16?,21-,22?/m0/s1. The molecule has 2 unspecified atom stereocenters. The third kappa shape index (κ3) is 5.74. The monoisotopic (exact) mass is 533 g/mol. The van der Waals surface area contributed by atoms with Gasteiger partial charge in [-0.1, -0.05) is 6.07 Å². The van der Waals surface area contributed by atoms with E-state index in [4.69, 9.17) is 4.74 Å². The van der Waals surface area contributed by atoms with Crippen LogP contribution in [0, 0.1) is 10.1 Å². The molecule has 14 heteroatoms. The molecule has 3 atom stereocenters. The van der Waals surface area contributed by atoms with Gasteiger partial charge < -0.3 is 19.3 Å². The summed E-state index contributed by atoms with van der Waals surface area (Å²) in [7, 11) is 0. The predicted octanol–water partition coefficient (Wildman–Crippen LogP) is 2.93. The van der Waals surface area contributed by atoms with E-state index in [-0.39, 0.29) is 24.0 Å². The van der Waals surface area contributed by atoms with Crippen molar-refractivity contribution in [3.05, 3.63) is 70.5 Å². The van der Waals surface area contributed by atoms with Gasteiger partial charge in [0.25, 0.3) is 6.02 Å². The zero-order valence-corrected chi connectivity index (χ0v) is 20.4. The van der Waals surface area contributed by atoms with Crippen molar-refractivity contribution >= 4 is 17.5 Å². The van der Waals surface area contributed by atoms with Crippen LogP contribution in [0.4, 0.5) is 24.7 Å². The van der Waals surface area contributed by atoms with Gasteiger partial charge in [0.2, 0.25) is 0 Å². The Kier molecular flexibility index (Phi) is 6.97. The first kappa shape index (κ1) is 25.6. The number of hydrogen-bond donors (Lipinski definition) is 1. The van der Waals surface area contributed by atoms with Gasteiger partial charge in [0.15, 0.2) is 0 Å². The number of ether oxygens (including phenoxy) is 2. The van der Waals surface area contributed by atoms with Crippen molar-refractivity contribution in [2.75, 3.05) is 36.0 Å². The summed E-state index contributed by atoms with van der Waals surface area (Å²) in [5, 5.41) is 14.3. The van der Waals surface area contributed by atoms with Crippen LogP contribution in [-0.4, -0.2) is 71.8 Å². The zero-order valence-electron chi connectivity index (χ0n) is 20.4. The van der Waals surface area contributed by atoms with Crippen LogP contribution in [-0.2, 0) is 11.3 Å². The average molecular weight is 534 g/mol. The molecule has 1 N–H and O–H groups in total. The lowest BCUT2D eigenvalue weighted by atomic mass is 10.1. The zero-order chi connectivity index (χ0) is 26.9. The molecule has 0 amide bonds. The molecule has 202 valence electrons. The van der Waals surface area contributed by atoms with E-state index in [1.54, 1.807) is 23.2 Å². The number of halogens is 3. The summed E-state index contributed by atoms with van der Waals surface area (Å²) < 4.78 is 46.5. The van der Waals surface area contributed by atoms with Gasteiger partial charge in [-0.3, -0.25) is 20.3 Å². The molecule has 1 aromatic heterocycles. The summed E-state index contributed by atoms with van der Waals surface area (Å²) in [6, 6.07) is 10.2. The lowest BCUT2D eigenvalue weighted by molar-refractivity contribution is -0.552. The maximum Gasteiger partial charge on any atom is 0.573 e. The van der Waals surface area contributed by atoms with Crippen molar-refractivity contribution in [1.82, 2.24) is 15.2 Å². The minimum absolute atomic E-state index is 0.134. The van der Waals surface area contributed by atoms with Crippen molar-refractivity contribution in [3.63, 3.8) is 0 Å². The van der Waals surface area contributed by atoms with Gasteiger partial charge in [0.1, 0.15) is 17.7 Å². The van der Waals surface area contributed by atoms with E-state index in [1.165, 1.54) is 18.2 Å². The number of benzene rings is 1. The number of hydrogen-bond acceptors (Lipinski definition) is 10. The van der Waals surface area contributed by atoms with Crippen LogP contribution in [0.1, 0.15) is 12.5 Å². The Labute approximate surface area is 216 Å². The van der Waals surface area contributed by atoms with E-state index in [1.807, 2.05) is 18.3 Å². The van der Waals surface area contributed by atoms with Gasteiger partial charge in [-0.15, -0.1) is 13.2 Å². The quantitative estimate of drug-likeness (QED) is 0.425. The van der Waals surface area contributed by atoms with Crippen molar-refractivity contribution in [1.29, 1.82) is 0 Å². The number of nitrogens with zero attached hydrogens (tertiary/aromatic N) is 6. The summed E-state index contributed by atoms with van der Waals surface area (Å²) in [6.07, 6.45) is -1.29. The van der Waals surface area contributed by atoms with Crippen molar-refractivity contribution < 1.29 is 27.6 Å². The van der Waals surface area contributed by atoms with Crippen LogP contribution in [0.5, 0.6) is 5.75 Å². The van der Waals surface area contributed by atoms with Crippen LogP contribution in [0.2, 0.25) is 0 Å². The van der Waals surface area contributed by atoms with E-state index < -0.39 is 17.5 Å².